The first-order chi connectivity index (χ1) is 7.10. The van der Waals surface area contributed by atoms with Crippen LogP contribution >= 0.6 is 0 Å². The van der Waals surface area contributed by atoms with E-state index in [9.17, 15) is 9.00 Å². The normalized spacial score (nSPS) is 12.8. The number of carbonyl (C=O) groups excluding carboxylic acids is 1. The maximum absolute atomic E-state index is 11.2. The molecule has 0 aliphatic heterocycles. The molecule has 0 rings (SSSR count). The summed E-state index contributed by atoms with van der Waals surface area (Å²) in [7, 11) is 0. The van der Waals surface area contributed by atoms with Gasteiger partial charge in [-0.05, 0) is 12.3 Å². The molecule has 0 spiro atoms. The van der Waals surface area contributed by atoms with E-state index >= 15 is 0 Å². The van der Waals surface area contributed by atoms with Crippen molar-refractivity contribution < 1.29 is 18.3 Å². The van der Waals surface area contributed by atoms with E-state index in [1.807, 2.05) is 0 Å². The van der Waals surface area contributed by atoms with Crippen LogP contribution in [-0.4, -0.2) is 27.1 Å². The van der Waals surface area contributed by atoms with Gasteiger partial charge in [-0.2, -0.15) is 0 Å². The molecule has 0 aliphatic carbocycles. The van der Waals surface area contributed by atoms with Gasteiger partial charge in [0, 0.05) is 12.2 Å². The SMILES string of the molecule is CCC(CC)COC(=O)CCCS(=O)O. The highest BCUT2D eigenvalue weighted by Gasteiger charge is 2.08. The van der Waals surface area contributed by atoms with Crippen LogP contribution in [0.5, 0.6) is 0 Å². The van der Waals surface area contributed by atoms with Gasteiger partial charge < -0.3 is 9.29 Å². The summed E-state index contributed by atoms with van der Waals surface area (Å²) >= 11 is -1.81. The van der Waals surface area contributed by atoms with Gasteiger partial charge in [0.15, 0.2) is 11.1 Å². The molecule has 0 radical (unpaired) electrons. The standard InChI is InChI=1S/C10H20O4S/c1-3-9(4-2)8-14-10(11)6-5-7-15(12)13/h9H,3-8H2,1-2H3,(H,12,13). The Kier molecular flexibility index (Phi) is 8.61. The van der Waals surface area contributed by atoms with Crippen LogP contribution in [0.25, 0.3) is 0 Å². The Bertz CT molecular complexity index is 202. The van der Waals surface area contributed by atoms with Gasteiger partial charge in [0.25, 0.3) is 0 Å². The van der Waals surface area contributed by atoms with Crippen molar-refractivity contribution in [3.05, 3.63) is 0 Å². The van der Waals surface area contributed by atoms with E-state index in [0.29, 0.717) is 18.9 Å². The Morgan fingerprint density at radius 1 is 1.40 bits per heavy atom. The molecular formula is C10H20O4S. The first kappa shape index (κ1) is 14.6. The second-order valence-electron chi connectivity index (χ2n) is 3.49. The molecule has 90 valence electrons. The minimum absolute atomic E-state index is 0.139. The van der Waals surface area contributed by atoms with Crippen LogP contribution < -0.4 is 0 Å². The highest BCUT2D eigenvalue weighted by molar-refractivity contribution is 7.79. The van der Waals surface area contributed by atoms with Gasteiger partial charge in [0.05, 0.1) is 6.61 Å². The fraction of sp³-hybridized carbons (Fsp3) is 0.900. The van der Waals surface area contributed by atoms with E-state index in [1.165, 1.54) is 0 Å². The summed E-state index contributed by atoms with van der Waals surface area (Å²) in [5.74, 6) is 0.299. The predicted octanol–water partition coefficient (Wildman–Crippen LogP) is 1.97. The summed E-state index contributed by atoms with van der Waals surface area (Å²) in [5, 5.41) is 0. The van der Waals surface area contributed by atoms with Crippen LogP contribution in [0.1, 0.15) is 39.5 Å². The summed E-state index contributed by atoms with van der Waals surface area (Å²) in [6, 6.07) is 0. The largest absolute Gasteiger partial charge is 0.465 e. The molecule has 0 bridgehead atoms. The molecule has 4 nitrogen and oxygen atoms in total. The summed E-state index contributed by atoms with van der Waals surface area (Å²) in [4.78, 5) is 11.2. The Hall–Kier alpha value is -0.420. The van der Waals surface area contributed by atoms with Crippen molar-refractivity contribution in [2.45, 2.75) is 39.5 Å². The van der Waals surface area contributed by atoms with Crippen molar-refractivity contribution in [1.29, 1.82) is 0 Å². The molecule has 0 aromatic heterocycles. The number of hydrogen-bond acceptors (Lipinski definition) is 3. The maximum atomic E-state index is 11.2. The van der Waals surface area contributed by atoms with Crippen LogP contribution in [0.15, 0.2) is 0 Å². The first-order valence-electron chi connectivity index (χ1n) is 5.33. The molecule has 0 aliphatic rings. The molecule has 0 fully saturated rings. The highest BCUT2D eigenvalue weighted by atomic mass is 32.2. The van der Waals surface area contributed by atoms with Crippen LogP contribution in [0.2, 0.25) is 0 Å². The van der Waals surface area contributed by atoms with Gasteiger partial charge in [0.2, 0.25) is 0 Å². The summed E-state index contributed by atoms with van der Waals surface area (Å²) < 4.78 is 23.8. The Balaban J connectivity index is 3.52. The number of esters is 1. The first-order valence-corrected chi connectivity index (χ1v) is 6.60. The molecule has 5 heteroatoms. The lowest BCUT2D eigenvalue weighted by molar-refractivity contribution is -0.145. The van der Waals surface area contributed by atoms with E-state index in [4.69, 9.17) is 9.29 Å². The van der Waals surface area contributed by atoms with E-state index < -0.39 is 11.1 Å². The number of hydrogen-bond donors (Lipinski definition) is 1. The smallest absolute Gasteiger partial charge is 0.305 e. The van der Waals surface area contributed by atoms with E-state index in [-0.39, 0.29) is 18.1 Å². The lowest BCUT2D eigenvalue weighted by atomic mass is 10.1. The van der Waals surface area contributed by atoms with E-state index in [0.717, 1.165) is 12.8 Å². The third kappa shape index (κ3) is 8.57. The Labute approximate surface area is 93.7 Å². The molecule has 0 saturated heterocycles. The average Bonchev–Trinajstić information content (AvgIpc) is 2.18. The zero-order valence-corrected chi connectivity index (χ0v) is 10.2. The molecule has 0 heterocycles. The van der Waals surface area contributed by atoms with Gasteiger partial charge in [-0.15, -0.1) is 0 Å². The van der Waals surface area contributed by atoms with Crippen molar-refractivity contribution in [1.82, 2.24) is 0 Å². The van der Waals surface area contributed by atoms with Crippen molar-refractivity contribution in [3.8, 4) is 0 Å². The maximum Gasteiger partial charge on any atom is 0.305 e. The second kappa shape index (κ2) is 8.85. The third-order valence-electron chi connectivity index (χ3n) is 2.33. The molecule has 15 heavy (non-hydrogen) atoms. The fourth-order valence-electron chi connectivity index (χ4n) is 1.15. The van der Waals surface area contributed by atoms with E-state index in [1.54, 1.807) is 0 Å². The van der Waals surface area contributed by atoms with Crippen molar-refractivity contribution in [2.75, 3.05) is 12.4 Å². The lowest BCUT2D eigenvalue weighted by Crippen LogP contribution is -2.13. The van der Waals surface area contributed by atoms with Gasteiger partial charge in [-0.3, -0.25) is 4.79 Å². The molecule has 0 amide bonds. The Morgan fingerprint density at radius 3 is 2.47 bits per heavy atom. The summed E-state index contributed by atoms with van der Waals surface area (Å²) in [6.07, 6.45) is 2.65. The minimum Gasteiger partial charge on any atom is -0.465 e. The fourth-order valence-corrected chi connectivity index (χ4v) is 1.54. The van der Waals surface area contributed by atoms with Crippen LogP contribution in [0.3, 0.4) is 0 Å². The average molecular weight is 236 g/mol. The summed E-state index contributed by atoms with van der Waals surface area (Å²) in [5.41, 5.74) is 0. The van der Waals surface area contributed by atoms with Crippen molar-refractivity contribution in [2.24, 2.45) is 5.92 Å². The van der Waals surface area contributed by atoms with E-state index in [2.05, 4.69) is 13.8 Å². The van der Waals surface area contributed by atoms with Gasteiger partial charge >= 0.3 is 5.97 Å². The lowest BCUT2D eigenvalue weighted by Gasteiger charge is -2.12. The third-order valence-corrected chi connectivity index (χ3v) is 2.97. The van der Waals surface area contributed by atoms with Gasteiger partial charge in [-0.25, -0.2) is 4.21 Å². The highest BCUT2D eigenvalue weighted by Crippen LogP contribution is 2.08. The zero-order valence-electron chi connectivity index (χ0n) is 9.40. The molecule has 1 N–H and O–H groups in total. The number of carbonyl (C=O) groups is 1. The molecule has 0 aromatic rings. The molecule has 1 unspecified atom stereocenters. The van der Waals surface area contributed by atoms with Gasteiger partial charge in [0.1, 0.15) is 0 Å². The second-order valence-corrected chi connectivity index (χ2v) is 4.55. The topological polar surface area (TPSA) is 63.6 Å². The van der Waals surface area contributed by atoms with Crippen molar-refractivity contribution in [3.63, 3.8) is 0 Å². The molecular weight excluding hydrogens is 216 g/mol. The van der Waals surface area contributed by atoms with Crippen molar-refractivity contribution >= 4 is 17.0 Å². The Morgan fingerprint density at radius 2 is 2.00 bits per heavy atom. The minimum atomic E-state index is -1.81. The quantitative estimate of drug-likeness (QED) is 0.517. The zero-order chi connectivity index (χ0) is 11.7. The van der Waals surface area contributed by atoms with Crippen LogP contribution in [-0.2, 0) is 20.6 Å². The number of ether oxygens (including phenoxy) is 1. The monoisotopic (exact) mass is 236 g/mol. The number of rotatable bonds is 8. The molecule has 1 atom stereocenters. The summed E-state index contributed by atoms with van der Waals surface area (Å²) in [6.45, 7) is 4.60. The van der Waals surface area contributed by atoms with Crippen LogP contribution in [0, 0.1) is 5.92 Å². The molecule has 0 saturated carbocycles. The van der Waals surface area contributed by atoms with Crippen LogP contribution in [0.4, 0.5) is 0 Å². The molecule has 0 aromatic carbocycles. The van der Waals surface area contributed by atoms with Gasteiger partial charge in [-0.1, -0.05) is 26.7 Å². The predicted molar refractivity (Wildman–Crippen MR) is 59.9 cm³/mol.